The molecule has 1 nitrogen and oxygen atoms in total. The zero-order chi connectivity index (χ0) is 11.0. The number of hydrogen-bond donors (Lipinski definition) is 0. The normalized spacial score (nSPS) is 19.4. The van der Waals surface area contributed by atoms with Crippen LogP contribution < -0.4 is 0 Å². The van der Waals surface area contributed by atoms with Gasteiger partial charge in [-0.05, 0) is 36.0 Å². The Hall–Kier alpha value is -1.11. The van der Waals surface area contributed by atoms with Crippen molar-refractivity contribution >= 4 is 5.78 Å². The summed E-state index contributed by atoms with van der Waals surface area (Å²) in [6.45, 7) is 6.33. The Bertz CT molecular complexity index is 404. The minimum absolute atomic E-state index is 0.193. The number of hydrogen-bond acceptors (Lipinski definition) is 1. The number of rotatable bonds is 2. The van der Waals surface area contributed by atoms with Crippen LogP contribution in [0.2, 0.25) is 0 Å². The first-order valence-electron chi connectivity index (χ1n) is 5.86. The molecule has 0 amide bonds. The third-order valence-corrected chi connectivity index (χ3v) is 3.46. The number of benzene rings is 1. The molecule has 0 fully saturated rings. The standard InChI is InChI=1S/C14H18O/c1-4-10-6-7-11(5-2)13-12(10)8-9(3)14(13)15/h6-7,9H,4-5,8H2,1-3H3. The molecule has 0 spiro atoms. The third kappa shape index (κ3) is 1.50. The zero-order valence-electron chi connectivity index (χ0n) is 9.76. The molecule has 1 atom stereocenters. The summed E-state index contributed by atoms with van der Waals surface area (Å²) in [4.78, 5) is 12.0. The number of Topliss-reactive ketones (excluding diaryl/α,β-unsaturated/α-hetero) is 1. The monoisotopic (exact) mass is 202 g/mol. The van der Waals surface area contributed by atoms with Crippen molar-refractivity contribution in [3.63, 3.8) is 0 Å². The van der Waals surface area contributed by atoms with E-state index in [9.17, 15) is 4.79 Å². The SMILES string of the molecule is CCc1ccc(CC)c2c1CC(C)C2=O. The third-order valence-electron chi connectivity index (χ3n) is 3.46. The topological polar surface area (TPSA) is 17.1 Å². The molecule has 1 aromatic carbocycles. The summed E-state index contributed by atoms with van der Waals surface area (Å²) in [5.41, 5.74) is 4.97. The summed E-state index contributed by atoms with van der Waals surface area (Å²) in [6, 6.07) is 4.33. The first-order chi connectivity index (χ1) is 7.19. The molecular formula is C14H18O. The molecule has 2 rings (SSSR count). The highest BCUT2D eigenvalue weighted by atomic mass is 16.1. The summed E-state index contributed by atoms with van der Waals surface area (Å²) in [7, 11) is 0. The summed E-state index contributed by atoms with van der Waals surface area (Å²) < 4.78 is 0. The van der Waals surface area contributed by atoms with Crippen LogP contribution >= 0.6 is 0 Å². The summed E-state index contributed by atoms with van der Waals surface area (Å²) in [5.74, 6) is 0.551. The van der Waals surface area contributed by atoms with E-state index in [-0.39, 0.29) is 5.92 Å². The molecule has 0 aromatic heterocycles. The molecule has 0 N–H and O–H groups in total. The minimum Gasteiger partial charge on any atom is -0.294 e. The lowest BCUT2D eigenvalue weighted by molar-refractivity contribution is 0.0945. The van der Waals surface area contributed by atoms with Crippen molar-refractivity contribution < 1.29 is 4.79 Å². The highest BCUT2D eigenvalue weighted by Gasteiger charge is 2.30. The van der Waals surface area contributed by atoms with Gasteiger partial charge in [0.1, 0.15) is 0 Å². The summed E-state index contributed by atoms with van der Waals surface area (Å²) >= 11 is 0. The molecule has 0 saturated heterocycles. The van der Waals surface area contributed by atoms with E-state index in [1.165, 1.54) is 16.7 Å². The lowest BCUT2D eigenvalue weighted by atomic mass is 9.95. The smallest absolute Gasteiger partial charge is 0.166 e. The van der Waals surface area contributed by atoms with E-state index < -0.39 is 0 Å². The second kappa shape index (κ2) is 3.80. The molecule has 1 unspecified atom stereocenters. The average molecular weight is 202 g/mol. The van der Waals surface area contributed by atoms with Crippen molar-refractivity contribution in [1.82, 2.24) is 0 Å². The second-order valence-corrected chi connectivity index (χ2v) is 4.41. The highest BCUT2D eigenvalue weighted by molar-refractivity contribution is 6.03. The minimum atomic E-state index is 0.193. The van der Waals surface area contributed by atoms with E-state index in [2.05, 4.69) is 26.0 Å². The molecule has 1 aliphatic carbocycles. The van der Waals surface area contributed by atoms with E-state index in [1.54, 1.807) is 0 Å². The predicted octanol–water partition coefficient (Wildman–Crippen LogP) is 3.19. The molecule has 15 heavy (non-hydrogen) atoms. The van der Waals surface area contributed by atoms with Crippen LogP contribution in [0.25, 0.3) is 0 Å². The molecule has 1 aromatic rings. The van der Waals surface area contributed by atoms with Crippen molar-refractivity contribution in [2.45, 2.75) is 40.0 Å². The molecule has 1 aliphatic rings. The Morgan fingerprint density at radius 3 is 2.40 bits per heavy atom. The van der Waals surface area contributed by atoms with E-state index in [0.29, 0.717) is 5.78 Å². The number of fused-ring (bicyclic) bond motifs is 1. The van der Waals surface area contributed by atoms with Crippen LogP contribution in [0, 0.1) is 5.92 Å². The molecular weight excluding hydrogens is 184 g/mol. The molecule has 0 heterocycles. The maximum atomic E-state index is 12.0. The van der Waals surface area contributed by atoms with Gasteiger partial charge in [0.2, 0.25) is 0 Å². The van der Waals surface area contributed by atoms with Gasteiger partial charge >= 0.3 is 0 Å². The van der Waals surface area contributed by atoms with Gasteiger partial charge in [-0.3, -0.25) is 4.79 Å². The fourth-order valence-corrected chi connectivity index (χ4v) is 2.55. The lowest BCUT2D eigenvalue weighted by Gasteiger charge is -2.09. The van der Waals surface area contributed by atoms with Crippen molar-refractivity contribution in [2.24, 2.45) is 5.92 Å². The van der Waals surface area contributed by atoms with Gasteiger partial charge in [-0.15, -0.1) is 0 Å². The first-order valence-corrected chi connectivity index (χ1v) is 5.86. The number of aryl methyl sites for hydroxylation is 2. The largest absolute Gasteiger partial charge is 0.294 e. The molecule has 1 heteroatoms. The van der Waals surface area contributed by atoms with E-state index in [4.69, 9.17) is 0 Å². The molecule has 80 valence electrons. The van der Waals surface area contributed by atoms with Gasteiger partial charge in [0, 0.05) is 11.5 Å². The van der Waals surface area contributed by atoms with Crippen molar-refractivity contribution in [3.05, 3.63) is 34.4 Å². The predicted molar refractivity (Wildman–Crippen MR) is 62.4 cm³/mol. The van der Waals surface area contributed by atoms with Gasteiger partial charge in [0.15, 0.2) is 5.78 Å². The number of ketones is 1. The van der Waals surface area contributed by atoms with Crippen molar-refractivity contribution in [3.8, 4) is 0 Å². The van der Waals surface area contributed by atoms with Crippen LogP contribution in [0.4, 0.5) is 0 Å². The molecule has 0 aliphatic heterocycles. The Morgan fingerprint density at radius 2 is 1.80 bits per heavy atom. The van der Waals surface area contributed by atoms with Crippen LogP contribution in [-0.4, -0.2) is 5.78 Å². The summed E-state index contributed by atoms with van der Waals surface area (Å²) in [5, 5.41) is 0. The quantitative estimate of drug-likeness (QED) is 0.719. The first kappa shape index (κ1) is 10.4. The van der Waals surface area contributed by atoms with Crippen LogP contribution in [0.15, 0.2) is 12.1 Å². The Balaban J connectivity index is 2.62. The van der Waals surface area contributed by atoms with Gasteiger partial charge in [0.05, 0.1) is 0 Å². The fourth-order valence-electron chi connectivity index (χ4n) is 2.55. The fraction of sp³-hybridized carbons (Fsp3) is 0.500. The lowest BCUT2D eigenvalue weighted by Crippen LogP contribution is -2.05. The van der Waals surface area contributed by atoms with Crippen LogP contribution in [-0.2, 0) is 19.3 Å². The molecule has 0 saturated carbocycles. The van der Waals surface area contributed by atoms with Gasteiger partial charge in [-0.1, -0.05) is 32.9 Å². The highest BCUT2D eigenvalue weighted by Crippen LogP contribution is 2.32. The van der Waals surface area contributed by atoms with E-state index >= 15 is 0 Å². The van der Waals surface area contributed by atoms with E-state index in [1.807, 2.05) is 6.92 Å². The molecule has 0 bridgehead atoms. The Labute approximate surface area is 91.5 Å². The van der Waals surface area contributed by atoms with Crippen molar-refractivity contribution in [2.75, 3.05) is 0 Å². The Morgan fingerprint density at radius 1 is 1.20 bits per heavy atom. The van der Waals surface area contributed by atoms with Gasteiger partial charge in [-0.2, -0.15) is 0 Å². The maximum absolute atomic E-state index is 12.0. The second-order valence-electron chi connectivity index (χ2n) is 4.41. The Kier molecular flexibility index (Phi) is 2.64. The van der Waals surface area contributed by atoms with Gasteiger partial charge in [0.25, 0.3) is 0 Å². The summed E-state index contributed by atoms with van der Waals surface area (Å²) in [6.07, 6.45) is 2.95. The zero-order valence-corrected chi connectivity index (χ0v) is 9.76. The van der Waals surface area contributed by atoms with Crippen molar-refractivity contribution in [1.29, 1.82) is 0 Å². The van der Waals surface area contributed by atoms with Crippen LogP contribution in [0.1, 0.15) is 47.8 Å². The van der Waals surface area contributed by atoms with Gasteiger partial charge < -0.3 is 0 Å². The maximum Gasteiger partial charge on any atom is 0.166 e. The average Bonchev–Trinajstić information content (AvgIpc) is 2.55. The van der Waals surface area contributed by atoms with Crippen LogP contribution in [0.3, 0.4) is 0 Å². The van der Waals surface area contributed by atoms with Crippen LogP contribution in [0.5, 0.6) is 0 Å². The van der Waals surface area contributed by atoms with Gasteiger partial charge in [-0.25, -0.2) is 0 Å². The number of carbonyl (C=O) groups is 1. The number of carbonyl (C=O) groups excluding carboxylic acids is 1. The van der Waals surface area contributed by atoms with E-state index in [0.717, 1.165) is 24.8 Å². The molecule has 0 radical (unpaired) electrons.